The van der Waals surface area contributed by atoms with Crippen molar-refractivity contribution in [3.8, 4) is 0 Å². The fourth-order valence-corrected chi connectivity index (χ4v) is 3.46. The highest BCUT2D eigenvalue weighted by Gasteiger charge is 2.16. The van der Waals surface area contributed by atoms with E-state index >= 15 is 0 Å². The Morgan fingerprint density at radius 1 is 1.12 bits per heavy atom. The fraction of sp³-hybridized carbons (Fsp3) is 0.294. The molecule has 0 spiro atoms. The van der Waals surface area contributed by atoms with E-state index in [0.29, 0.717) is 0 Å². The number of benzene rings is 1. The number of pyridine rings is 1. The van der Waals surface area contributed by atoms with Gasteiger partial charge in [0.05, 0.1) is 23.3 Å². The predicted molar refractivity (Wildman–Crippen MR) is 92.8 cm³/mol. The first-order valence-electron chi connectivity index (χ1n) is 7.76. The van der Waals surface area contributed by atoms with Crippen molar-refractivity contribution in [3.63, 3.8) is 0 Å². The lowest BCUT2D eigenvalue weighted by atomic mass is 10.3. The minimum atomic E-state index is -3.52. The molecule has 0 fully saturated rings. The maximum absolute atomic E-state index is 12.1. The van der Waals surface area contributed by atoms with E-state index < -0.39 is 21.8 Å². The molecule has 0 aliphatic carbocycles. The standard InChI is InChI=1S/C17H20N2O5S/c20-14(13-19-10-5-4-8-17(19)22)12-18-16(21)9-11-25(23,24)15-6-2-1-3-7-15/h1-8,10,14,20H,9,11-13H2,(H,18,21)/t14-/m1/s1. The summed E-state index contributed by atoms with van der Waals surface area (Å²) in [6.45, 7) is -0.0200. The molecule has 2 rings (SSSR count). The summed E-state index contributed by atoms with van der Waals surface area (Å²) < 4.78 is 25.5. The molecule has 0 unspecified atom stereocenters. The van der Waals surface area contributed by atoms with E-state index in [4.69, 9.17) is 0 Å². The van der Waals surface area contributed by atoms with Crippen LogP contribution in [-0.2, 0) is 21.2 Å². The average Bonchev–Trinajstić information content (AvgIpc) is 2.61. The van der Waals surface area contributed by atoms with Crippen LogP contribution >= 0.6 is 0 Å². The molecular weight excluding hydrogens is 344 g/mol. The van der Waals surface area contributed by atoms with Crippen molar-refractivity contribution in [1.29, 1.82) is 0 Å². The smallest absolute Gasteiger partial charge is 0.250 e. The Morgan fingerprint density at radius 3 is 2.48 bits per heavy atom. The minimum absolute atomic E-state index is 0.0439. The third-order valence-corrected chi connectivity index (χ3v) is 5.27. The largest absolute Gasteiger partial charge is 0.389 e. The lowest BCUT2D eigenvalue weighted by molar-refractivity contribution is -0.121. The molecule has 1 atom stereocenters. The maximum atomic E-state index is 12.1. The molecule has 25 heavy (non-hydrogen) atoms. The van der Waals surface area contributed by atoms with Crippen molar-refractivity contribution in [3.05, 3.63) is 65.1 Å². The van der Waals surface area contributed by atoms with Crippen LogP contribution in [0.2, 0.25) is 0 Å². The molecule has 2 aromatic rings. The highest BCUT2D eigenvalue weighted by molar-refractivity contribution is 7.91. The topological polar surface area (TPSA) is 105 Å². The first-order valence-corrected chi connectivity index (χ1v) is 9.42. The Morgan fingerprint density at radius 2 is 1.80 bits per heavy atom. The van der Waals surface area contributed by atoms with E-state index in [1.54, 1.807) is 36.5 Å². The van der Waals surface area contributed by atoms with Gasteiger partial charge in [0.15, 0.2) is 9.84 Å². The molecule has 0 aliphatic rings. The number of aromatic nitrogens is 1. The highest BCUT2D eigenvalue weighted by atomic mass is 32.2. The fourth-order valence-electron chi connectivity index (χ4n) is 2.20. The second-order valence-electron chi connectivity index (χ2n) is 5.53. The molecule has 0 aliphatic heterocycles. The van der Waals surface area contributed by atoms with Gasteiger partial charge in [-0.1, -0.05) is 24.3 Å². The van der Waals surface area contributed by atoms with E-state index in [1.165, 1.54) is 22.8 Å². The Balaban J connectivity index is 1.79. The van der Waals surface area contributed by atoms with E-state index in [0.717, 1.165) is 0 Å². The van der Waals surface area contributed by atoms with Crippen molar-refractivity contribution in [2.24, 2.45) is 0 Å². The molecule has 0 saturated carbocycles. The summed E-state index contributed by atoms with van der Waals surface area (Å²) in [4.78, 5) is 23.5. The molecule has 7 nitrogen and oxygen atoms in total. The van der Waals surface area contributed by atoms with Crippen molar-refractivity contribution >= 4 is 15.7 Å². The van der Waals surface area contributed by atoms with Gasteiger partial charge in [0.25, 0.3) is 5.56 Å². The molecule has 0 bridgehead atoms. The maximum Gasteiger partial charge on any atom is 0.250 e. The SMILES string of the molecule is O=C(CCS(=O)(=O)c1ccccc1)NC[C@@H](O)Cn1ccccc1=O. The van der Waals surface area contributed by atoms with Crippen molar-refractivity contribution < 1.29 is 18.3 Å². The quantitative estimate of drug-likeness (QED) is 0.696. The number of carbonyl (C=O) groups is 1. The van der Waals surface area contributed by atoms with Gasteiger partial charge in [0.1, 0.15) is 0 Å². The summed E-state index contributed by atoms with van der Waals surface area (Å²) in [5.41, 5.74) is -0.248. The van der Waals surface area contributed by atoms with E-state index in [2.05, 4.69) is 5.32 Å². The van der Waals surface area contributed by atoms with Crippen LogP contribution in [0.5, 0.6) is 0 Å². The number of sulfone groups is 1. The van der Waals surface area contributed by atoms with Gasteiger partial charge in [-0.3, -0.25) is 9.59 Å². The van der Waals surface area contributed by atoms with Gasteiger partial charge >= 0.3 is 0 Å². The number of amides is 1. The second-order valence-corrected chi connectivity index (χ2v) is 7.64. The van der Waals surface area contributed by atoms with Gasteiger partial charge < -0.3 is 15.0 Å². The van der Waals surface area contributed by atoms with Gasteiger partial charge in [0, 0.05) is 25.2 Å². The summed E-state index contributed by atoms with van der Waals surface area (Å²) in [5.74, 6) is -0.782. The van der Waals surface area contributed by atoms with Crippen LogP contribution in [-0.4, -0.2) is 42.4 Å². The Bertz CT molecular complexity index is 862. The summed E-state index contributed by atoms with van der Waals surface area (Å²) >= 11 is 0. The number of carbonyl (C=O) groups excluding carboxylic acids is 1. The second kappa shape index (κ2) is 8.59. The zero-order chi connectivity index (χ0) is 18.3. The van der Waals surface area contributed by atoms with Crippen LogP contribution in [0.15, 0.2) is 64.4 Å². The van der Waals surface area contributed by atoms with Crippen LogP contribution < -0.4 is 10.9 Å². The zero-order valence-electron chi connectivity index (χ0n) is 13.5. The molecule has 1 amide bonds. The lowest BCUT2D eigenvalue weighted by Crippen LogP contribution is -2.36. The molecule has 8 heteroatoms. The molecular formula is C17H20N2O5S. The van der Waals surface area contributed by atoms with Crippen LogP contribution in [0.4, 0.5) is 0 Å². The van der Waals surface area contributed by atoms with E-state index in [9.17, 15) is 23.1 Å². The number of rotatable bonds is 8. The van der Waals surface area contributed by atoms with Crippen LogP contribution in [0, 0.1) is 0 Å². The predicted octanol–water partition coefficient (Wildman–Crippen LogP) is 0.189. The third-order valence-electron chi connectivity index (χ3n) is 3.54. The monoisotopic (exact) mass is 364 g/mol. The third kappa shape index (κ3) is 5.84. The van der Waals surface area contributed by atoms with Crippen LogP contribution in [0.1, 0.15) is 6.42 Å². The van der Waals surface area contributed by atoms with Crippen molar-refractivity contribution in [1.82, 2.24) is 9.88 Å². The highest BCUT2D eigenvalue weighted by Crippen LogP contribution is 2.10. The molecule has 1 aromatic carbocycles. The summed E-state index contributed by atoms with van der Waals surface area (Å²) in [7, 11) is -3.52. The van der Waals surface area contributed by atoms with E-state index in [1.807, 2.05) is 0 Å². The minimum Gasteiger partial charge on any atom is -0.389 e. The summed E-state index contributed by atoms with van der Waals surface area (Å²) in [5, 5.41) is 12.4. The molecule has 0 saturated heterocycles. The van der Waals surface area contributed by atoms with Gasteiger partial charge in [-0.2, -0.15) is 0 Å². The molecule has 1 heterocycles. The number of nitrogens with one attached hydrogen (secondary N) is 1. The van der Waals surface area contributed by atoms with E-state index in [-0.39, 0.29) is 35.7 Å². The number of hydrogen-bond acceptors (Lipinski definition) is 5. The number of hydrogen-bond donors (Lipinski definition) is 2. The first kappa shape index (κ1) is 18.9. The van der Waals surface area contributed by atoms with Gasteiger partial charge in [-0.25, -0.2) is 8.42 Å². The molecule has 134 valence electrons. The van der Waals surface area contributed by atoms with Gasteiger partial charge in [-0.05, 0) is 18.2 Å². The van der Waals surface area contributed by atoms with Gasteiger partial charge in [-0.15, -0.1) is 0 Å². The van der Waals surface area contributed by atoms with Crippen LogP contribution in [0.25, 0.3) is 0 Å². The van der Waals surface area contributed by atoms with Crippen molar-refractivity contribution in [2.45, 2.75) is 24.0 Å². The molecule has 0 radical (unpaired) electrons. The van der Waals surface area contributed by atoms with Crippen molar-refractivity contribution in [2.75, 3.05) is 12.3 Å². The number of aliphatic hydroxyl groups is 1. The normalized spacial score (nSPS) is 12.5. The average molecular weight is 364 g/mol. The summed E-state index contributed by atoms with van der Waals surface area (Å²) in [6.07, 6.45) is 0.393. The molecule has 2 N–H and O–H groups in total. The number of aliphatic hydroxyl groups excluding tert-OH is 1. The first-order chi connectivity index (χ1) is 11.9. The molecule has 1 aromatic heterocycles. The number of nitrogens with zero attached hydrogens (tertiary/aromatic N) is 1. The Labute approximate surface area is 145 Å². The Hall–Kier alpha value is -2.45. The van der Waals surface area contributed by atoms with Gasteiger partial charge in [0.2, 0.25) is 5.91 Å². The van der Waals surface area contributed by atoms with Crippen LogP contribution in [0.3, 0.4) is 0 Å². The lowest BCUT2D eigenvalue weighted by Gasteiger charge is -2.13. The zero-order valence-corrected chi connectivity index (χ0v) is 14.4. The Kier molecular flexibility index (Phi) is 6.49. The summed E-state index contributed by atoms with van der Waals surface area (Å²) in [6, 6.07) is 12.6.